The van der Waals surface area contributed by atoms with Gasteiger partial charge < -0.3 is 15.2 Å². The summed E-state index contributed by atoms with van der Waals surface area (Å²) in [5, 5.41) is 12.8. The van der Waals surface area contributed by atoms with Gasteiger partial charge in [0.1, 0.15) is 11.3 Å². The largest absolute Gasteiger partial charge is 0.386 e. The third kappa shape index (κ3) is 2.61. The monoisotopic (exact) mass is 273 g/mol. The third-order valence-corrected chi connectivity index (χ3v) is 3.34. The number of nitrogens with one attached hydrogen (secondary N) is 1. The van der Waals surface area contributed by atoms with E-state index in [1.807, 2.05) is 18.2 Å². The first kappa shape index (κ1) is 13.0. The minimum Gasteiger partial charge on any atom is -0.386 e. The van der Waals surface area contributed by atoms with Crippen molar-refractivity contribution in [1.29, 1.82) is 0 Å². The maximum absolute atomic E-state index is 12.0. The van der Waals surface area contributed by atoms with Crippen molar-refractivity contribution in [3.8, 4) is 0 Å². The molecule has 0 bridgehead atoms. The van der Waals surface area contributed by atoms with Crippen molar-refractivity contribution in [3.05, 3.63) is 36.2 Å². The summed E-state index contributed by atoms with van der Waals surface area (Å²) in [5.41, 5.74) is 0.682. The first-order valence-corrected chi connectivity index (χ1v) is 6.46. The normalized spacial score (nSPS) is 22.1. The Morgan fingerprint density at radius 2 is 2.20 bits per heavy atom. The van der Waals surface area contributed by atoms with Gasteiger partial charge >= 0.3 is 0 Å². The van der Waals surface area contributed by atoms with Gasteiger partial charge in [-0.15, -0.1) is 0 Å². The summed E-state index contributed by atoms with van der Waals surface area (Å²) in [5.74, 6) is -0.344. The summed E-state index contributed by atoms with van der Waals surface area (Å²) in [6.07, 6.45) is 1.96. The number of para-hydroxylation sites is 2. The predicted octanol–water partition coefficient (Wildman–Crippen LogP) is 0.511. The fourth-order valence-electron chi connectivity index (χ4n) is 2.14. The van der Waals surface area contributed by atoms with Gasteiger partial charge in [-0.3, -0.25) is 9.78 Å². The molecule has 2 N–H and O–H groups in total. The maximum atomic E-state index is 12.0. The van der Waals surface area contributed by atoms with Crippen molar-refractivity contribution in [3.63, 3.8) is 0 Å². The van der Waals surface area contributed by atoms with E-state index in [4.69, 9.17) is 4.74 Å². The highest BCUT2D eigenvalue weighted by molar-refractivity contribution is 5.93. The molecular weight excluding hydrogens is 258 g/mol. The molecule has 2 heterocycles. The van der Waals surface area contributed by atoms with Crippen LogP contribution in [0.5, 0.6) is 0 Å². The summed E-state index contributed by atoms with van der Waals surface area (Å²) < 4.78 is 5.13. The quantitative estimate of drug-likeness (QED) is 0.851. The molecule has 6 heteroatoms. The van der Waals surface area contributed by atoms with Crippen LogP contribution in [0.2, 0.25) is 0 Å². The third-order valence-electron chi connectivity index (χ3n) is 3.34. The number of hydrogen-bond donors (Lipinski definition) is 2. The SMILES string of the molecule is O=C(NCC1(O)CCOC1)c1cnc2ccccc2n1. The molecule has 3 rings (SSSR count). The van der Waals surface area contributed by atoms with E-state index in [2.05, 4.69) is 15.3 Å². The summed E-state index contributed by atoms with van der Waals surface area (Å²) in [6.45, 7) is 0.916. The second kappa shape index (κ2) is 5.15. The highest BCUT2D eigenvalue weighted by atomic mass is 16.5. The number of carbonyl (C=O) groups excluding carboxylic acids is 1. The summed E-state index contributed by atoms with van der Waals surface area (Å²) in [4.78, 5) is 20.5. The van der Waals surface area contributed by atoms with Gasteiger partial charge in [-0.25, -0.2) is 4.98 Å². The molecule has 0 spiro atoms. The number of aliphatic hydroxyl groups is 1. The zero-order valence-corrected chi connectivity index (χ0v) is 10.9. The molecule has 1 amide bonds. The van der Waals surface area contributed by atoms with E-state index in [0.717, 1.165) is 5.52 Å². The number of carbonyl (C=O) groups is 1. The number of amides is 1. The van der Waals surface area contributed by atoms with Gasteiger partial charge in [0.2, 0.25) is 0 Å². The lowest BCUT2D eigenvalue weighted by Crippen LogP contribution is -2.43. The molecule has 2 aromatic rings. The van der Waals surface area contributed by atoms with Gasteiger partial charge in [0.05, 0.1) is 23.8 Å². The highest BCUT2D eigenvalue weighted by Crippen LogP contribution is 2.17. The van der Waals surface area contributed by atoms with Crippen molar-refractivity contribution >= 4 is 16.9 Å². The Morgan fingerprint density at radius 3 is 2.95 bits per heavy atom. The van der Waals surface area contributed by atoms with Crippen LogP contribution in [0.15, 0.2) is 30.5 Å². The second-order valence-electron chi connectivity index (χ2n) is 4.95. The lowest BCUT2D eigenvalue weighted by Gasteiger charge is -2.20. The predicted molar refractivity (Wildman–Crippen MR) is 72.3 cm³/mol. The van der Waals surface area contributed by atoms with E-state index in [-0.39, 0.29) is 24.8 Å². The molecule has 1 aromatic carbocycles. The van der Waals surface area contributed by atoms with Crippen molar-refractivity contribution in [2.75, 3.05) is 19.8 Å². The first-order chi connectivity index (χ1) is 9.66. The molecule has 1 aliphatic heterocycles. The number of ether oxygens (including phenoxy) is 1. The zero-order chi connectivity index (χ0) is 14.0. The highest BCUT2D eigenvalue weighted by Gasteiger charge is 2.32. The van der Waals surface area contributed by atoms with Gasteiger partial charge in [-0.2, -0.15) is 0 Å². The number of nitrogens with zero attached hydrogens (tertiary/aromatic N) is 2. The van der Waals surface area contributed by atoms with Crippen LogP contribution in [0.1, 0.15) is 16.9 Å². The molecule has 0 saturated carbocycles. The maximum Gasteiger partial charge on any atom is 0.271 e. The molecule has 1 aromatic heterocycles. The molecule has 20 heavy (non-hydrogen) atoms. The fraction of sp³-hybridized carbons (Fsp3) is 0.357. The van der Waals surface area contributed by atoms with Crippen molar-refractivity contribution in [2.45, 2.75) is 12.0 Å². The van der Waals surface area contributed by atoms with Crippen molar-refractivity contribution in [1.82, 2.24) is 15.3 Å². The topological polar surface area (TPSA) is 84.3 Å². The van der Waals surface area contributed by atoms with Gasteiger partial charge in [0.15, 0.2) is 0 Å². The average Bonchev–Trinajstić information content (AvgIpc) is 2.91. The Morgan fingerprint density at radius 1 is 1.40 bits per heavy atom. The number of benzene rings is 1. The van der Waals surface area contributed by atoms with Crippen LogP contribution >= 0.6 is 0 Å². The van der Waals surface area contributed by atoms with Crippen LogP contribution in [0, 0.1) is 0 Å². The van der Waals surface area contributed by atoms with E-state index in [1.54, 1.807) is 6.07 Å². The van der Waals surface area contributed by atoms with Gasteiger partial charge in [0.25, 0.3) is 5.91 Å². The number of hydrogen-bond acceptors (Lipinski definition) is 5. The van der Waals surface area contributed by atoms with Crippen molar-refractivity contribution in [2.24, 2.45) is 0 Å². The van der Waals surface area contributed by atoms with Crippen molar-refractivity contribution < 1.29 is 14.6 Å². The molecule has 1 aliphatic rings. The summed E-state index contributed by atoms with van der Waals surface area (Å²) in [6, 6.07) is 7.35. The lowest BCUT2D eigenvalue weighted by molar-refractivity contribution is 0.0264. The Balaban J connectivity index is 1.72. The Hall–Kier alpha value is -2.05. The molecule has 104 valence electrons. The molecule has 1 atom stereocenters. The minimum atomic E-state index is -0.972. The van der Waals surface area contributed by atoms with E-state index >= 15 is 0 Å². The number of fused-ring (bicyclic) bond motifs is 1. The minimum absolute atomic E-state index is 0.153. The summed E-state index contributed by atoms with van der Waals surface area (Å²) >= 11 is 0. The molecule has 0 radical (unpaired) electrons. The van der Waals surface area contributed by atoms with Gasteiger partial charge in [-0.1, -0.05) is 12.1 Å². The standard InChI is InChI=1S/C14H15N3O3/c18-13(16-8-14(19)5-6-20-9-14)12-7-15-10-3-1-2-4-11(10)17-12/h1-4,7,19H,5-6,8-9H2,(H,16,18). The van der Waals surface area contributed by atoms with Crippen LogP contribution in [0.3, 0.4) is 0 Å². The van der Waals surface area contributed by atoms with Crippen LogP contribution in [0.25, 0.3) is 11.0 Å². The Kier molecular flexibility index (Phi) is 3.33. The Labute approximate surface area is 115 Å². The lowest BCUT2D eigenvalue weighted by atomic mass is 10.0. The molecule has 6 nitrogen and oxygen atoms in total. The van der Waals surface area contributed by atoms with Crippen LogP contribution in [-0.2, 0) is 4.74 Å². The zero-order valence-electron chi connectivity index (χ0n) is 10.9. The number of rotatable bonds is 3. The van der Waals surface area contributed by atoms with E-state index in [9.17, 15) is 9.90 Å². The molecule has 1 saturated heterocycles. The summed E-state index contributed by atoms with van der Waals surface area (Å²) in [7, 11) is 0. The van der Waals surface area contributed by atoms with Crippen LogP contribution < -0.4 is 5.32 Å². The molecule has 1 fully saturated rings. The van der Waals surface area contributed by atoms with Crippen LogP contribution in [-0.4, -0.2) is 46.3 Å². The Bertz CT molecular complexity index is 638. The molecule has 0 aliphatic carbocycles. The fourth-order valence-corrected chi connectivity index (χ4v) is 2.14. The van der Waals surface area contributed by atoms with E-state index in [0.29, 0.717) is 18.5 Å². The van der Waals surface area contributed by atoms with Crippen LogP contribution in [0.4, 0.5) is 0 Å². The van der Waals surface area contributed by atoms with E-state index in [1.165, 1.54) is 6.20 Å². The van der Waals surface area contributed by atoms with E-state index < -0.39 is 5.60 Å². The average molecular weight is 273 g/mol. The number of aromatic nitrogens is 2. The van der Waals surface area contributed by atoms with Gasteiger partial charge in [-0.05, 0) is 12.1 Å². The second-order valence-corrected chi connectivity index (χ2v) is 4.95. The van der Waals surface area contributed by atoms with Gasteiger partial charge in [0, 0.05) is 19.6 Å². The smallest absolute Gasteiger partial charge is 0.271 e. The first-order valence-electron chi connectivity index (χ1n) is 6.46. The molecular formula is C14H15N3O3. The molecule has 1 unspecified atom stereocenters.